The van der Waals surface area contributed by atoms with Crippen molar-refractivity contribution in [3.05, 3.63) is 81.1 Å². The summed E-state index contributed by atoms with van der Waals surface area (Å²) in [4.78, 5) is 35.1. The Morgan fingerprint density at radius 1 is 1.21 bits per heavy atom. The van der Waals surface area contributed by atoms with E-state index in [0.717, 1.165) is 5.56 Å². The number of ether oxygens (including phenoxy) is 2. The van der Waals surface area contributed by atoms with Crippen LogP contribution in [0.25, 0.3) is 5.69 Å². The van der Waals surface area contributed by atoms with Crippen molar-refractivity contribution in [3.8, 4) is 11.4 Å². The number of carbonyl (C=O) groups excluding carboxylic acids is 2. The van der Waals surface area contributed by atoms with E-state index in [1.165, 1.54) is 35.1 Å². The summed E-state index contributed by atoms with van der Waals surface area (Å²) in [5, 5.41) is 18.3. The van der Waals surface area contributed by atoms with Crippen LogP contribution >= 0.6 is 11.6 Å². The first-order valence-corrected chi connectivity index (χ1v) is 10.4. The standard InChI is InChI=1S/C22H21ClN4O6/c1-3-32-22(29)21-19(12-26(25-21)15-8-10-16(11-9-15)27(30)31)33-13-20(28)24-14(2)17-6-4-5-7-18(17)23/h4-12,14H,3,13H2,1-2H3,(H,24,28). The zero-order valence-electron chi connectivity index (χ0n) is 17.9. The number of hydrogen-bond acceptors (Lipinski definition) is 7. The predicted octanol–water partition coefficient (Wildman–Crippen LogP) is 3.87. The Kier molecular flexibility index (Phi) is 7.62. The fourth-order valence-electron chi connectivity index (χ4n) is 2.99. The highest BCUT2D eigenvalue weighted by Gasteiger charge is 2.22. The Balaban J connectivity index is 1.75. The summed E-state index contributed by atoms with van der Waals surface area (Å²) in [6, 6.07) is 12.4. The van der Waals surface area contributed by atoms with E-state index in [9.17, 15) is 19.7 Å². The molecule has 1 amide bonds. The van der Waals surface area contributed by atoms with Gasteiger partial charge in [0.25, 0.3) is 11.6 Å². The lowest BCUT2D eigenvalue weighted by Gasteiger charge is -2.15. The van der Waals surface area contributed by atoms with Crippen LogP contribution in [-0.2, 0) is 9.53 Å². The third-order valence-corrected chi connectivity index (χ3v) is 4.93. The van der Waals surface area contributed by atoms with Gasteiger partial charge in [0, 0.05) is 17.2 Å². The number of esters is 1. The van der Waals surface area contributed by atoms with E-state index in [-0.39, 0.29) is 36.4 Å². The molecule has 3 aromatic rings. The molecule has 172 valence electrons. The van der Waals surface area contributed by atoms with Gasteiger partial charge in [0.1, 0.15) is 0 Å². The predicted molar refractivity (Wildman–Crippen MR) is 120 cm³/mol. The molecule has 1 N–H and O–H groups in total. The number of non-ortho nitro benzene ring substituents is 1. The van der Waals surface area contributed by atoms with Gasteiger partial charge in [0.2, 0.25) is 5.69 Å². The minimum atomic E-state index is -0.724. The number of rotatable bonds is 9. The smallest absolute Gasteiger partial charge is 0.362 e. The van der Waals surface area contributed by atoms with Crippen LogP contribution in [0.5, 0.6) is 5.75 Å². The van der Waals surface area contributed by atoms with Crippen molar-refractivity contribution in [3.63, 3.8) is 0 Å². The SMILES string of the molecule is CCOC(=O)c1nn(-c2ccc([N+](=O)[O-])cc2)cc1OCC(=O)NC(C)c1ccccc1Cl. The molecule has 0 aliphatic heterocycles. The molecule has 0 saturated carbocycles. The van der Waals surface area contributed by atoms with Gasteiger partial charge < -0.3 is 14.8 Å². The summed E-state index contributed by atoms with van der Waals surface area (Å²) in [6.45, 7) is 3.18. The minimum absolute atomic E-state index is 0.0346. The first kappa shape index (κ1) is 23.7. The summed E-state index contributed by atoms with van der Waals surface area (Å²) in [5.74, 6) is -1.12. The molecular weight excluding hydrogens is 452 g/mol. The summed E-state index contributed by atoms with van der Waals surface area (Å²) in [5.41, 5.74) is 1.00. The highest BCUT2D eigenvalue weighted by Crippen LogP contribution is 2.24. The van der Waals surface area contributed by atoms with E-state index in [1.54, 1.807) is 32.0 Å². The average Bonchev–Trinajstić information content (AvgIpc) is 3.22. The molecule has 0 spiro atoms. The number of benzene rings is 2. The van der Waals surface area contributed by atoms with E-state index in [1.807, 2.05) is 6.07 Å². The van der Waals surface area contributed by atoms with Crippen molar-refractivity contribution >= 4 is 29.2 Å². The summed E-state index contributed by atoms with van der Waals surface area (Å²) in [6.07, 6.45) is 1.40. The van der Waals surface area contributed by atoms with Gasteiger partial charge >= 0.3 is 5.97 Å². The Bertz CT molecular complexity index is 1160. The normalized spacial score (nSPS) is 11.5. The minimum Gasteiger partial charge on any atom is -0.480 e. The van der Waals surface area contributed by atoms with Crippen LogP contribution in [-0.4, -0.2) is 39.8 Å². The van der Waals surface area contributed by atoms with Gasteiger partial charge in [-0.2, -0.15) is 5.10 Å². The van der Waals surface area contributed by atoms with Gasteiger partial charge in [0.05, 0.1) is 29.5 Å². The maximum absolute atomic E-state index is 12.4. The number of nitrogens with zero attached hydrogens (tertiary/aromatic N) is 3. The molecule has 0 aliphatic carbocycles. The molecule has 1 heterocycles. The molecule has 0 aliphatic rings. The Labute approximate surface area is 194 Å². The quantitative estimate of drug-likeness (QED) is 0.284. The lowest BCUT2D eigenvalue weighted by atomic mass is 10.1. The Morgan fingerprint density at radius 3 is 2.55 bits per heavy atom. The van der Waals surface area contributed by atoms with Crippen molar-refractivity contribution in [2.24, 2.45) is 0 Å². The molecular formula is C22H21ClN4O6. The lowest BCUT2D eigenvalue weighted by molar-refractivity contribution is -0.384. The zero-order chi connectivity index (χ0) is 24.0. The van der Waals surface area contributed by atoms with Gasteiger partial charge in [0.15, 0.2) is 12.4 Å². The fraction of sp³-hybridized carbons (Fsp3) is 0.227. The molecule has 0 bridgehead atoms. The lowest BCUT2D eigenvalue weighted by Crippen LogP contribution is -2.31. The second-order valence-corrected chi connectivity index (χ2v) is 7.29. The molecule has 0 fully saturated rings. The Morgan fingerprint density at radius 2 is 1.91 bits per heavy atom. The number of amides is 1. The molecule has 1 aromatic heterocycles. The molecule has 1 unspecified atom stereocenters. The first-order valence-electron chi connectivity index (χ1n) is 9.98. The van der Waals surface area contributed by atoms with Crippen LogP contribution in [0.2, 0.25) is 5.02 Å². The summed E-state index contributed by atoms with van der Waals surface area (Å²) < 4.78 is 11.9. The van der Waals surface area contributed by atoms with Gasteiger partial charge in [-0.15, -0.1) is 0 Å². The third-order valence-electron chi connectivity index (χ3n) is 4.58. The number of nitrogens with one attached hydrogen (secondary N) is 1. The summed E-state index contributed by atoms with van der Waals surface area (Å²) >= 11 is 6.17. The molecule has 0 radical (unpaired) electrons. The zero-order valence-corrected chi connectivity index (χ0v) is 18.6. The number of hydrogen-bond donors (Lipinski definition) is 1. The molecule has 33 heavy (non-hydrogen) atoms. The van der Waals surface area contributed by atoms with Gasteiger partial charge in [-0.25, -0.2) is 9.48 Å². The first-order chi connectivity index (χ1) is 15.8. The monoisotopic (exact) mass is 472 g/mol. The van der Waals surface area contributed by atoms with Crippen LogP contribution in [0.1, 0.15) is 35.9 Å². The number of carbonyl (C=O) groups is 2. The van der Waals surface area contributed by atoms with Crippen LogP contribution < -0.4 is 10.1 Å². The van der Waals surface area contributed by atoms with Crippen molar-refractivity contribution < 1.29 is 24.0 Å². The number of nitro benzene ring substituents is 1. The molecule has 2 aromatic carbocycles. The van der Waals surface area contributed by atoms with Crippen molar-refractivity contribution in [1.82, 2.24) is 15.1 Å². The van der Waals surface area contributed by atoms with Crippen LogP contribution in [0.15, 0.2) is 54.7 Å². The molecule has 10 nitrogen and oxygen atoms in total. The van der Waals surface area contributed by atoms with Gasteiger partial charge in [-0.1, -0.05) is 29.8 Å². The van der Waals surface area contributed by atoms with Crippen LogP contribution in [0.4, 0.5) is 5.69 Å². The number of halogens is 1. The van der Waals surface area contributed by atoms with Gasteiger partial charge in [-0.3, -0.25) is 14.9 Å². The maximum atomic E-state index is 12.4. The average molecular weight is 473 g/mol. The number of nitro groups is 1. The van der Waals surface area contributed by atoms with Gasteiger partial charge in [-0.05, 0) is 37.6 Å². The molecule has 3 rings (SSSR count). The van der Waals surface area contributed by atoms with E-state index in [0.29, 0.717) is 10.7 Å². The highest BCUT2D eigenvalue weighted by atomic mass is 35.5. The third kappa shape index (κ3) is 5.86. The molecule has 11 heteroatoms. The van der Waals surface area contributed by atoms with E-state index in [2.05, 4.69) is 10.4 Å². The number of aromatic nitrogens is 2. The second kappa shape index (κ2) is 10.6. The van der Waals surface area contributed by atoms with Crippen molar-refractivity contribution in [2.45, 2.75) is 19.9 Å². The van der Waals surface area contributed by atoms with E-state index >= 15 is 0 Å². The molecule has 0 saturated heterocycles. The van der Waals surface area contributed by atoms with E-state index in [4.69, 9.17) is 21.1 Å². The van der Waals surface area contributed by atoms with Crippen LogP contribution in [0, 0.1) is 10.1 Å². The summed E-state index contributed by atoms with van der Waals surface area (Å²) in [7, 11) is 0. The fourth-order valence-corrected chi connectivity index (χ4v) is 3.29. The largest absolute Gasteiger partial charge is 0.480 e. The Hall–Kier alpha value is -3.92. The van der Waals surface area contributed by atoms with Crippen molar-refractivity contribution in [1.29, 1.82) is 0 Å². The topological polar surface area (TPSA) is 126 Å². The highest BCUT2D eigenvalue weighted by molar-refractivity contribution is 6.31. The van der Waals surface area contributed by atoms with E-state index < -0.39 is 16.8 Å². The maximum Gasteiger partial charge on any atom is 0.362 e. The van der Waals surface area contributed by atoms with Crippen LogP contribution in [0.3, 0.4) is 0 Å². The molecule has 1 atom stereocenters. The van der Waals surface area contributed by atoms with Crippen molar-refractivity contribution in [2.75, 3.05) is 13.2 Å². The second-order valence-electron chi connectivity index (χ2n) is 6.88.